The van der Waals surface area contributed by atoms with Gasteiger partial charge < -0.3 is 4.90 Å². The first-order valence-electron chi connectivity index (χ1n) is 17.8. The summed E-state index contributed by atoms with van der Waals surface area (Å²) < 4.78 is 0. The molecule has 0 aliphatic heterocycles. The van der Waals surface area contributed by atoms with Crippen LogP contribution < -0.4 is 4.90 Å². The molecule has 52 heavy (non-hydrogen) atoms. The first kappa shape index (κ1) is 31.4. The third-order valence-electron chi connectivity index (χ3n) is 10.4. The number of rotatable bonds is 7. The SMILES string of the molecule is CC1(C)c2ccccc2-c2ccc(N(c3ccc(-c4ccccc4)cc3)c3cccc(-c4cc(-c5ccc(-c6ccccc6)cc5)ncn4)c3)cc21. The molecule has 0 radical (unpaired) electrons. The van der Waals surface area contributed by atoms with E-state index in [2.05, 4.69) is 200 Å². The average molecular weight is 668 g/mol. The van der Waals surface area contributed by atoms with Crippen molar-refractivity contribution in [1.82, 2.24) is 9.97 Å². The molecule has 0 N–H and O–H groups in total. The smallest absolute Gasteiger partial charge is 0.116 e. The molecule has 0 spiro atoms. The predicted molar refractivity (Wildman–Crippen MR) is 216 cm³/mol. The summed E-state index contributed by atoms with van der Waals surface area (Å²) in [6.07, 6.45) is 1.67. The van der Waals surface area contributed by atoms with E-state index in [1.54, 1.807) is 6.33 Å². The maximum Gasteiger partial charge on any atom is 0.116 e. The van der Waals surface area contributed by atoms with Crippen LogP contribution in [0.2, 0.25) is 0 Å². The summed E-state index contributed by atoms with van der Waals surface area (Å²) in [6, 6.07) is 65.0. The fraction of sp³-hybridized carbons (Fsp3) is 0.0612. The molecule has 7 aromatic carbocycles. The van der Waals surface area contributed by atoms with Crippen molar-refractivity contribution in [3.05, 3.63) is 199 Å². The fourth-order valence-corrected chi connectivity index (χ4v) is 7.65. The minimum absolute atomic E-state index is 0.108. The van der Waals surface area contributed by atoms with E-state index in [4.69, 9.17) is 4.98 Å². The maximum absolute atomic E-state index is 4.75. The molecular weight excluding hydrogens is 631 g/mol. The van der Waals surface area contributed by atoms with Gasteiger partial charge in [0.05, 0.1) is 11.4 Å². The van der Waals surface area contributed by atoms with Gasteiger partial charge in [-0.2, -0.15) is 0 Å². The van der Waals surface area contributed by atoms with E-state index < -0.39 is 0 Å². The lowest BCUT2D eigenvalue weighted by molar-refractivity contribution is 0.660. The molecule has 1 aliphatic rings. The summed E-state index contributed by atoms with van der Waals surface area (Å²) in [5, 5.41) is 0. The molecular formula is C49H37N3. The Hall–Kier alpha value is -6.58. The first-order valence-corrected chi connectivity index (χ1v) is 17.8. The molecule has 8 aromatic rings. The summed E-state index contributed by atoms with van der Waals surface area (Å²) in [4.78, 5) is 11.8. The number of nitrogens with zero attached hydrogens (tertiary/aromatic N) is 3. The van der Waals surface area contributed by atoms with Gasteiger partial charge in [-0.1, -0.05) is 153 Å². The van der Waals surface area contributed by atoms with Crippen LogP contribution in [0.5, 0.6) is 0 Å². The highest BCUT2D eigenvalue weighted by Crippen LogP contribution is 2.50. The predicted octanol–water partition coefficient (Wildman–Crippen LogP) is 12.9. The molecule has 0 atom stereocenters. The van der Waals surface area contributed by atoms with Gasteiger partial charge in [-0.3, -0.25) is 0 Å². The summed E-state index contributed by atoms with van der Waals surface area (Å²) in [5.41, 5.74) is 17.1. The molecule has 3 heteroatoms. The summed E-state index contributed by atoms with van der Waals surface area (Å²) in [7, 11) is 0. The largest absolute Gasteiger partial charge is 0.310 e. The summed E-state index contributed by atoms with van der Waals surface area (Å²) in [6.45, 7) is 4.67. The van der Waals surface area contributed by atoms with Crippen molar-refractivity contribution in [3.63, 3.8) is 0 Å². The number of fused-ring (bicyclic) bond motifs is 3. The first-order chi connectivity index (χ1) is 25.5. The van der Waals surface area contributed by atoms with Crippen LogP contribution in [0.25, 0.3) is 55.9 Å². The Morgan fingerprint density at radius 2 is 0.865 bits per heavy atom. The number of hydrogen-bond donors (Lipinski definition) is 0. The third-order valence-corrected chi connectivity index (χ3v) is 10.4. The van der Waals surface area contributed by atoms with Crippen LogP contribution in [0.3, 0.4) is 0 Å². The Morgan fingerprint density at radius 3 is 1.56 bits per heavy atom. The molecule has 1 aromatic heterocycles. The van der Waals surface area contributed by atoms with Crippen LogP contribution in [0.4, 0.5) is 17.1 Å². The monoisotopic (exact) mass is 667 g/mol. The van der Waals surface area contributed by atoms with E-state index in [-0.39, 0.29) is 5.41 Å². The minimum atomic E-state index is -0.108. The number of anilines is 3. The molecule has 248 valence electrons. The van der Waals surface area contributed by atoms with Crippen LogP contribution in [-0.4, -0.2) is 9.97 Å². The van der Waals surface area contributed by atoms with E-state index in [1.165, 1.54) is 44.5 Å². The zero-order valence-electron chi connectivity index (χ0n) is 29.2. The number of aromatic nitrogens is 2. The second-order valence-electron chi connectivity index (χ2n) is 13.9. The Labute approximate surface area is 305 Å². The lowest BCUT2D eigenvalue weighted by atomic mass is 9.82. The van der Waals surface area contributed by atoms with E-state index in [0.717, 1.165) is 39.6 Å². The Kier molecular flexibility index (Phi) is 7.82. The molecule has 0 saturated heterocycles. The van der Waals surface area contributed by atoms with Crippen LogP contribution in [0, 0.1) is 0 Å². The second-order valence-corrected chi connectivity index (χ2v) is 13.9. The summed E-state index contributed by atoms with van der Waals surface area (Å²) in [5.74, 6) is 0. The molecule has 3 nitrogen and oxygen atoms in total. The van der Waals surface area contributed by atoms with Gasteiger partial charge in [0.15, 0.2) is 0 Å². The average Bonchev–Trinajstić information content (AvgIpc) is 3.44. The zero-order chi connectivity index (χ0) is 35.1. The highest BCUT2D eigenvalue weighted by atomic mass is 15.1. The molecule has 0 unspecified atom stereocenters. The highest BCUT2D eigenvalue weighted by molar-refractivity contribution is 5.87. The van der Waals surface area contributed by atoms with Gasteiger partial charge in [-0.05, 0) is 87.0 Å². The maximum atomic E-state index is 4.75. The normalized spacial score (nSPS) is 12.6. The van der Waals surface area contributed by atoms with Crippen molar-refractivity contribution >= 4 is 17.1 Å². The van der Waals surface area contributed by atoms with Crippen molar-refractivity contribution < 1.29 is 0 Å². The fourth-order valence-electron chi connectivity index (χ4n) is 7.65. The molecule has 0 fully saturated rings. The molecule has 0 saturated carbocycles. The number of benzene rings is 7. The van der Waals surface area contributed by atoms with Crippen molar-refractivity contribution in [1.29, 1.82) is 0 Å². The van der Waals surface area contributed by atoms with Gasteiger partial charge in [0, 0.05) is 33.6 Å². The summed E-state index contributed by atoms with van der Waals surface area (Å²) >= 11 is 0. The van der Waals surface area contributed by atoms with E-state index in [0.29, 0.717) is 0 Å². The zero-order valence-corrected chi connectivity index (χ0v) is 29.2. The second kappa shape index (κ2) is 12.9. The van der Waals surface area contributed by atoms with Gasteiger partial charge in [0.2, 0.25) is 0 Å². The van der Waals surface area contributed by atoms with Crippen LogP contribution in [-0.2, 0) is 5.41 Å². The van der Waals surface area contributed by atoms with Gasteiger partial charge >= 0.3 is 0 Å². The molecule has 9 rings (SSSR count). The van der Waals surface area contributed by atoms with Crippen LogP contribution >= 0.6 is 0 Å². The van der Waals surface area contributed by atoms with Gasteiger partial charge in [0.1, 0.15) is 6.33 Å². The van der Waals surface area contributed by atoms with Crippen LogP contribution in [0.15, 0.2) is 188 Å². The Balaban J connectivity index is 1.11. The van der Waals surface area contributed by atoms with E-state index >= 15 is 0 Å². The van der Waals surface area contributed by atoms with Crippen LogP contribution in [0.1, 0.15) is 25.0 Å². The molecule has 1 aliphatic carbocycles. The number of hydrogen-bond acceptors (Lipinski definition) is 3. The standard InChI is InChI=1S/C49H37N3/c1-49(2)45-19-10-9-18-43(45)44-29-28-42(31-46(44)49)52(40-26-24-37(25-27-40)35-14-7-4-8-15-35)41-17-11-16-39(30-41)48-32-47(50-33-51-48)38-22-20-36(21-23-38)34-12-5-3-6-13-34/h3-33H,1-2H3. The highest BCUT2D eigenvalue weighted by Gasteiger charge is 2.35. The van der Waals surface area contributed by atoms with E-state index in [9.17, 15) is 0 Å². The van der Waals surface area contributed by atoms with Crippen molar-refractivity contribution in [3.8, 4) is 55.9 Å². The Morgan fingerprint density at radius 1 is 0.365 bits per heavy atom. The lowest BCUT2D eigenvalue weighted by Crippen LogP contribution is -2.16. The quantitative estimate of drug-likeness (QED) is 0.169. The third kappa shape index (κ3) is 5.67. The molecule has 0 amide bonds. The van der Waals surface area contributed by atoms with E-state index in [1.807, 2.05) is 6.07 Å². The van der Waals surface area contributed by atoms with Gasteiger partial charge in [-0.15, -0.1) is 0 Å². The van der Waals surface area contributed by atoms with Gasteiger partial charge in [-0.25, -0.2) is 9.97 Å². The van der Waals surface area contributed by atoms with Crippen molar-refractivity contribution in [2.45, 2.75) is 19.3 Å². The molecule has 1 heterocycles. The Bertz CT molecular complexity index is 2520. The van der Waals surface area contributed by atoms with Crippen molar-refractivity contribution in [2.24, 2.45) is 0 Å². The molecule has 0 bridgehead atoms. The minimum Gasteiger partial charge on any atom is -0.310 e. The lowest BCUT2D eigenvalue weighted by Gasteiger charge is -2.28. The van der Waals surface area contributed by atoms with Gasteiger partial charge in [0.25, 0.3) is 0 Å². The topological polar surface area (TPSA) is 29.0 Å². The van der Waals surface area contributed by atoms with Crippen molar-refractivity contribution in [2.75, 3.05) is 4.90 Å².